The van der Waals surface area contributed by atoms with Crippen molar-refractivity contribution < 1.29 is 30.8 Å². The summed E-state index contributed by atoms with van der Waals surface area (Å²) in [5.74, 6) is -0.657. The molecule has 0 saturated heterocycles. The van der Waals surface area contributed by atoms with Gasteiger partial charge in [-0.2, -0.15) is 0 Å². The average Bonchev–Trinajstić information content (AvgIpc) is 1.85. The standard InChI is InChI=1S/C4H5FO2.FHO3S/c5-3-4(7)1-2-6;1-5(2,3)4/h2H,1,3H2;(H,2,3,4)/p-1. The Bertz CT molecular complexity index is 226. The number of hydrogen-bond donors (Lipinski definition) is 0. The van der Waals surface area contributed by atoms with E-state index in [0.29, 0.717) is 6.29 Å². The first kappa shape index (κ1) is 13.7. The third-order valence-corrected chi connectivity index (χ3v) is 0.460. The maximum Gasteiger partial charge on any atom is 0.255 e. The van der Waals surface area contributed by atoms with Gasteiger partial charge in [0.05, 0.1) is 6.42 Å². The van der Waals surface area contributed by atoms with Crippen molar-refractivity contribution >= 4 is 22.6 Å². The van der Waals surface area contributed by atoms with Crippen LogP contribution in [0.4, 0.5) is 8.28 Å². The van der Waals surface area contributed by atoms with E-state index in [-0.39, 0.29) is 6.42 Å². The van der Waals surface area contributed by atoms with Crippen molar-refractivity contribution in [1.82, 2.24) is 0 Å². The highest BCUT2D eigenvalue weighted by Gasteiger charge is 1.94. The second-order valence-corrected chi connectivity index (χ2v) is 2.22. The number of carbonyl (C=O) groups is 2. The van der Waals surface area contributed by atoms with Gasteiger partial charge in [-0.1, -0.05) is 0 Å². The van der Waals surface area contributed by atoms with Gasteiger partial charge in [0.25, 0.3) is 10.5 Å². The van der Waals surface area contributed by atoms with E-state index in [1.807, 2.05) is 0 Å². The number of hydrogen-bond acceptors (Lipinski definition) is 5. The van der Waals surface area contributed by atoms with Crippen LogP contribution < -0.4 is 0 Å². The summed E-state index contributed by atoms with van der Waals surface area (Å²) in [6, 6.07) is 0. The molecule has 0 fully saturated rings. The monoisotopic (exact) mass is 203 g/mol. The molecular formula is C4H5F2O5S-. The summed E-state index contributed by atoms with van der Waals surface area (Å²) >= 11 is 0. The summed E-state index contributed by atoms with van der Waals surface area (Å²) in [5, 5.41) is 0. The maximum atomic E-state index is 11.1. The van der Waals surface area contributed by atoms with Gasteiger partial charge < -0.3 is 9.35 Å². The first-order chi connectivity index (χ1) is 5.31. The van der Waals surface area contributed by atoms with Crippen molar-refractivity contribution in [1.29, 1.82) is 0 Å². The molecule has 5 nitrogen and oxygen atoms in total. The highest BCUT2D eigenvalue weighted by atomic mass is 32.3. The first-order valence-corrected chi connectivity index (χ1v) is 3.79. The van der Waals surface area contributed by atoms with Crippen LogP contribution in [0.2, 0.25) is 0 Å². The molecule has 0 spiro atoms. The van der Waals surface area contributed by atoms with Gasteiger partial charge in [-0.25, -0.2) is 12.8 Å². The van der Waals surface area contributed by atoms with E-state index < -0.39 is 23.0 Å². The number of ketones is 1. The molecule has 0 amide bonds. The lowest BCUT2D eigenvalue weighted by molar-refractivity contribution is -0.122. The lowest BCUT2D eigenvalue weighted by atomic mass is 10.3. The van der Waals surface area contributed by atoms with Crippen molar-refractivity contribution in [2.45, 2.75) is 6.42 Å². The number of halogens is 2. The lowest BCUT2D eigenvalue weighted by Crippen LogP contribution is -1.98. The minimum atomic E-state index is -5.42. The van der Waals surface area contributed by atoms with Crippen LogP contribution in [0.25, 0.3) is 0 Å². The summed E-state index contributed by atoms with van der Waals surface area (Å²) in [7, 11) is -5.42. The van der Waals surface area contributed by atoms with Gasteiger partial charge >= 0.3 is 0 Å². The van der Waals surface area contributed by atoms with Gasteiger partial charge in [-0.05, 0) is 0 Å². The third-order valence-electron chi connectivity index (χ3n) is 0.460. The smallest absolute Gasteiger partial charge is 0.255 e. The number of Topliss-reactive ketones (excluding diaryl/α,β-unsaturated/α-hetero) is 1. The second-order valence-electron chi connectivity index (χ2n) is 1.44. The summed E-state index contributed by atoms with van der Waals surface area (Å²) in [4.78, 5) is 19.2. The second kappa shape index (κ2) is 6.80. The van der Waals surface area contributed by atoms with Crippen LogP contribution >= 0.6 is 0 Å². The summed E-state index contributed by atoms with van der Waals surface area (Å²) in [5.41, 5.74) is 0. The number of rotatable bonds is 3. The van der Waals surface area contributed by atoms with Crippen LogP contribution in [0.5, 0.6) is 0 Å². The Kier molecular flexibility index (Phi) is 7.75. The minimum Gasteiger partial charge on any atom is -0.722 e. The third kappa shape index (κ3) is 35.5. The molecule has 0 heterocycles. The van der Waals surface area contributed by atoms with Gasteiger partial charge in [0, 0.05) is 0 Å². The molecule has 0 aliphatic heterocycles. The summed E-state index contributed by atoms with van der Waals surface area (Å²) in [6.07, 6.45) is 0.0956. The molecule has 0 saturated carbocycles. The lowest BCUT2D eigenvalue weighted by Gasteiger charge is -1.84. The molecule has 0 atom stereocenters. The minimum absolute atomic E-state index is 0.295. The van der Waals surface area contributed by atoms with Crippen LogP contribution in [0.1, 0.15) is 6.42 Å². The fraction of sp³-hybridized carbons (Fsp3) is 0.500. The molecule has 0 aliphatic rings. The predicted molar refractivity (Wildman–Crippen MR) is 32.5 cm³/mol. The molecule has 0 radical (unpaired) electrons. The molecule has 12 heavy (non-hydrogen) atoms. The van der Waals surface area contributed by atoms with E-state index in [0.717, 1.165) is 0 Å². The highest BCUT2D eigenvalue weighted by molar-refractivity contribution is 7.80. The highest BCUT2D eigenvalue weighted by Crippen LogP contribution is 1.76. The van der Waals surface area contributed by atoms with Crippen molar-refractivity contribution in [2.24, 2.45) is 0 Å². The summed E-state index contributed by atoms with van der Waals surface area (Å²) < 4.78 is 46.4. The molecule has 0 rings (SSSR count). The maximum absolute atomic E-state index is 11.1. The van der Waals surface area contributed by atoms with Gasteiger partial charge in [0.2, 0.25) is 0 Å². The van der Waals surface area contributed by atoms with Gasteiger partial charge in [0.15, 0.2) is 5.78 Å². The van der Waals surface area contributed by atoms with Crippen LogP contribution in [0.3, 0.4) is 0 Å². The zero-order valence-corrected chi connectivity index (χ0v) is 6.51. The molecule has 0 bridgehead atoms. The fourth-order valence-electron chi connectivity index (χ4n) is 0.148. The number of alkyl halides is 1. The first-order valence-electron chi connectivity index (χ1n) is 2.48. The van der Waals surface area contributed by atoms with E-state index in [4.69, 9.17) is 13.0 Å². The van der Waals surface area contributed by atoms with Crippen LogP contribution in [0.15, 0.2) is 0 Å². The predicted octanol–water partition coefficient (Wildman–Crippen LogP) is -0.470. The Hall–Kier alpha value is -0.890. The average molecular weight is 203 g/mol. The molecule has 0 aliphatic carbocycles. The Morgan fingerprint density at radius 2 is 1.83 bits per heavy atom. The fourth-order valence-corrected chi connectivity index (χ4v) is 0.148. The Labute approximate surface area is 67.4 Å². The molecule has 0 aromatic rings. The van der Waals surface area contributed by atoms with Gasteiger partial charge in [-0.3, -0.25) is 4.79 Å². The molecule has 8 heteroatoms. The van der Waals surface area contributed by atoms with E-state index in [1.54, 1.807) is 0 Å². The molecular weight excluding hydrogens is 198 g/mol. The van der Waals surface area contributed by atoms with Crippen LogP contribution in [0, 0.1) is 0 Å². The van der Waals surface area contributed by atoms with Crippen molar-refractivity contribution in [3.8, 4) is 0 Å². The summed E-state index contributed by atoms with van der Waals surface area (Å²) in [6.45, 7) is -1.03. The van der Waals surface area contributed by atoms with E-state index in [9.17, 15) is 17.9 Å². The Balaban J connectivity index is 0. The molecule has 0 unspecified atom stereocenters. The normalized spacial score (nSPS) is 9.58. The van der Waals surface area contributed by atoms with E-state index in [2.05, 4.69) is 0 Å². The van der Waals surface area contributed by atoms with Crippen LogP contribution in [-0.4, -0.2) is 31.7 Å². The largest absolute Gasteiger partial charge is 0.722 e. The van der Waals surface area contributed by atoms with Crippen molar-refractivity contribution in [3.05, 3.63) is 0 Å². The van der Waals surface area contributed by atoms with Gasteiger partial charge in [0.1, 0.15) is 13.0 Å². The Morgan fingerprint density at radius 1 is 1.50 bits per heavy atom. The quantitative estimate of drug-likeness (QED) is 0.267. The zero-order chi connectivity index (χ0) is 10.2. The topological polar surface area (TPSA) is 91.3 Å². The number of aldehydes is 1. The molecule has 72 valence electrons. The van der Waals surface area contributed by atoms with Gasteiger partial charge in [-0.15, -0.1) is 3.89 Å². The van der Waals surface area contributed by atoms with E-state index in [1.165, 1.54) is 0 Å². The number of carbonyl (C=O) groups excluding carboxylic acids is 2. The van der Waals surface area contributed by atoms with Crippen molar-refractivity contribution in [2.75, 3.05) is 6.67 Å². The molecule has 0 aromatic heterocycles. The molecule has 0 aromatic carbocycles. The van der Waals surface area contributed by atoms with Crippen LogP contribution in [-0.2, 0) is 20.1 Å². The van der Waals surface area contributed by atoms with E-state index >= 15 is 0 Å². The Morgan fingerprint density at radius 3 is 1.92 bits per heavy atom. The zero-order valence-electron chi connectivity index (χ0n) is 5.70. The van der Waals surface area contributed by atoms with Crippen molar-refractivity contribution in [3.63, 3.8) is 0 Å². The SMILES string of the molecule is O=CCC(=O)CF.O=S(=O)([O-])F. The molecule has 0 N–H and O–H groups in total.